The van der Waals surface area contributed by atoms with Crippen LogP contribution in [0.3, 0.4) is 0 Å². The fraction of sp³-hybridized carbons (Fsp3) is 0.179. The summed E-state index contributed by atoms with van der Waals surface area (Å²) in [5, 5.41) is 6.03. The van der Waals surface area contributed by atoms with E-state index in [1.165, 1.54) is 12.3 Å². The van der Waals surface area contributed by atoms with E-state index >= 15 is 0 Å². The van der Waals surface area contributed by atoms with Gasteiger partial charge in [-0.15, -0.1) is 0 Å². The molecule has 1 aliphatic heterocycles. The average molecular weight is 554 g/mol. The number of alkyl halides is 3. The fourth-order valence-electron chi connectivity index (χ4n) is 4.76. The molecule has 5 nitrogen and oxygen atoms in total. The van der Waals surface area contributed by atoms with Crippen molar-refractivity contribution in [1.82, 2.24) is 19.6 Å². The summed E-state index contributed by atoms with van der Waals surface area (Å²) in [7, 11) is 0. The molecule has 10 heteroatoms. The second-order valence-electron chi connectivity index (χ2n) is 9.07. The molecule has 0 spiro atoms. The Morgan fingerprint density at radius 1 is 0.842 bits per heavy atom. The monoisotopic (exact) mass is 553 g/mol. The van der Waals surface area contributed by atoms with E-state index in [0.717, 1.165) is 48.9 Å². The Bertz CT molecular complexity index is 1620. The lowest BCUT2D eigenvalue weighted by Crippen LogP contribution is -2.19. The van der Waals surface area contributed by atoms with Crippen LogP contribution >= 0.6 is 23.2 Å². The van der Waals surface area contributed by atoms with Crippen LogP contribution in [0.25, 0.3) is 39.3 Å². The van der Waals surface area contributed by atoms with Crippen molar-refractivity contribution in [2.24, 2.45) is 0 Å². The van der Waals surface area contributed by atoms with Crippen LogP contribution in [-0.2, 0) is 6.18 Å². The van der Waals surface area contributed by atoms with Gasteiger partial charge in [0.05, 0.1) is 16.3 Å². The van der Waals surface area contributed by atoms with E-state index in [0.29, 0.717) is 38.2 Å². The summed E-state index contributed by atoms with van der Waals surface area (Å²) in [6.45, 7) is 1.69. The van der Waals surface area contributed by atoms with E-state index in [1.807, 2.05) is 36.4 Å². The van der Waals surface area contributed by atoms with Crippen LogP contribution in [0.4, 0.5) is 19.0 Å². The van der Waals surface area contributed by atoms with Crippen LogP contribution in [-0.4, -0.2) is 32.7 Å². The van der Waals surface area contributed by atoms with Gasteiger partial charge in [-0.2, -0.15) is 18.3 Å². The van der Waals surface area contributed by atoms with Gasteiger partial charge in [0.2, 0.25) is 0 Å². The molecule has 1 saturated heterocycles. The van der Waals surface area contributed by atoms with Crippen molar-refractivity contribution in [2.45, 2.75) is 19.0 Å². The third-order valence-corrected chi connectivity index (χ3v) is 7.20. The number of hydrogen-bond acceptors (Lipinski definition) is 4. The number of pyridine rings is 1. The van der Waals surface area contributed by atoms with Gasteiger partial charge in [-0.3, -0.25) is 4.98 Å². The molecule has 0 unspecified atom stereocenters. The predicted octanol–water partition coefficient (Wildman–Crippen LogP) is 8.05. The minimum Gasteiger partial charge on any atom is -0.356 e. The quantitative estimate of drug-likeness (QED) is 0.226. The molecule has 0 atom stereocenters. The van der Waals surface area contributed by atoms with Gasteiger partial charge >= 0.3 is 6.18 Å². The number of fused-ring (bicyclic) bond motifs is 1. The first-order chi connectivity index (χ1) is 18.3. The summed E-state index contributed by atoms with van der Waals surface area (Å²) in [5.41, 5.74) is 3.56. The Hall–Kier alpha value is -3.62. The van der Waals surface area contributed by atoms with E-state index in [-0.39, 0.29) is 0 Å². The Balaban J connectivity index is 1.66. The van der Waals surface area contributed by atoms with Crippen molar-refractivity contribution in [2.75, 3.05) is 18.0 Å². The second-order valence-corrected chi connectivity index (χ2v) is 9.91. The normalized spacial score (nSPS) is 14.0. The topological polar surface area (TPSA) is 46.3 Å². The molecule has 0 saturated carbocycles. The first-order valence-electron chi connectivity index (χ1n) is 12.0. The molecule has 4 heterocycles. The van der Waals surface area contributed by atoms with Crippen molar-refractivity contribution in [3.05, 3.63) is 88.7 Å². The van der Waals surface area contributed by atoms with Gasteiger partial charge in [0.15, 0.2) is 5.65 Å². The Kier molecular flexibility index (Phi) is 6.24. The summed E-state index contributed by atoms with van der Waals surface area (Å²) in [6.07, 6.45) is -1.22. The van der Waals surface area contributed by atoms with Crippen LogP contribution in [0.5, 0.6) is 0 Å². The van der Waals surface area contributed by atoms with Gasteiger partial charge in [0.1, 0.15) is 17.2 Å². The molecular formula is C28H20Cl2F3N5. The lowest BCUT2D eigenvalue weighted by Gasteiger charge is -2.18. The van der Waals surface area contributed by atoms with Crippen molar-refractivity contribution in [1.29, 1.82) is 0 Å². The van der Waals surface area contributed by atoms with E-state index < -0.39 is 11.9 Å². The highest BCUT2D eigenvalue weighted by Gasteiger charge is 2.32. The molecule has 0 N–H and O–H groups in total. The van der Waals surface area contributed by atoms with E-state index in [1.54, 1.807) is 22.7 Å². The number of aromatic nitrogens is 4. The summed E-state index contributed by atoms with van der Waals surface area (Å²) in [5.74, 6) is 0.728. The molecule has 0 amide bonds. The number of benzene rings is 2. The van der Waals surface area contributed by atoms with Crippen LogP contribution in [0.1, 0.15) is 18.5 Å². The standard InChI is InChI=1S/C28H20Cl2F3N5/c29-19-10-7-17(8-11-19)25-26(20-5-1-2-6-21(20)30)36-38-22(18-9-12-23(34-16-18)28(31,32)33)15-24(35-27(25)38)37-13-3-4-14-37/h1-2,5-12,15-16H,3-4,13-14H2. The number of nitrogens with zero attached hydrogens (tertiary/aromatic N) is 5. The molecule has 5 aromatic rings. The lowest BCUT2D eigenvalue weighted by molar-refractivity contribution is -0.141. The van der Waals surface area contributed by atoms with Gasteiger partial charge in [-0.1, -0.05) is 53.5 Å². The summed E-state index contributed by atoms with van der Waals surface area (Å²) in [6, 6.07) is 19.0. The van der Waals surface area contributed by atoms with Gasteiger partial charge in [0, 0.05) is 41.5 Å². The molecule has 192 valence electrons. The van der Waals surface area contributed by atoms with E-state index in [2.05, 4.69) is 9.88 Å². The molecule has 6 rings (SSSR count). The van der Waals surface area contributed by atoms with E-state index in [4.69, 9.17) is 33.3 Å². The maximum absolute atomic E-state index is 13.2. The molecule has 3 aromatic heterocycles. The minimum atomic E-state index is -4.53. The molecule has 0 aliphatic carbocycles. The second kappa shape index (κ2) is 9.60. The van der Waals surface area contributed by atoms with Gasteiger partial charge < -0.3 is 4.90 Å². The Morgan fingerprint density at radius 2 is 1.55 bits per heavy atom. The maximum Gasteiger partial charge on any atom is 0.433 e. The third-order valence-electron chi connectivity index (χ3n) is 6.62. The molecule has 1 aliphatic rings. The predicted molar refractivity (Wildman–Crippen MR) is 144 cm³/mol. The number of anilines is 1. The van der Waals surface area contributed by atoms with Crippen LogP contribution in [0.15, 0.2) is 72.9 Å². The van der Waals surface area contributed by atoms with Crippen molar-refractivity contribution in [3.8, 4) is 33.6 Å². The lowest BCUT2D eigenvalue weighted by atomic mass is 10.0. The largest absolute Gasteiger partial charge is 0.433 e. The van der Waals surface area contributed by atoms with Crippen LogP contribution in [0.2, 0.25) is 10.0 Å². The first kappa shape index (κ1) is 24.7. The van der Waals surface area contributed by atoms with Crippen molar-refractivity contribution < 1.29 is 13.2 Å². The zero-order valence-electron chi connectivity index (χ0n) is 19.9. The number of rotatable bonds is 4. The van der Waals surface area contributed by atoms with Gasteiger partial charge in [0.25, 0.3) is 0 Å². The maximum atomic E-state index is 13.2. The Morgan fingerprint density at radius 3 is 2.21 bits per heavy atom. The highest BCUT2D eigenvalue weighted by molar-refractivity contribution is 6.33. The molecule has 1 fully saturated rings. The van der Waals surface area contributed by atoms with Crippen molar-refractivity contribution in [3.63, 3.8) is 0 Å². The smallest absolute Gasteiger partial charge is 0.356 e. The summed E-state index contributed by atoms with van der Waals surface area (Å²) < 4.78 is 41.3. The molecular weight excluding hydrogens is 534 g/mol. The SMILES string of the molecule is FC(F)(F)c1ccc(-c2cc(N3CCCC3)nc3c(-c4ccc(Cl)cc4)c(-c4ccccc4Cl)nn23)cn1. The molecule has 38 heavy (non-hydrogen) atoms. The first-order valence-corrected chi connectivity index (χ1v) is 12.8. The Labute approximate surface area is 226 Å². The van der Waals surface area contributed by atoms with E-state index in [9.17, 15) is 13.2 Å². The zero-order valence-corrected chi connectivity index (χ0v) is 21.4. The van der Waals surface area contributed by atoms with Gasteiger partial charge in [-0.05, 0) is 48.7 Å². The average Bonchev–Trinajstić information content (AvgIpc) is 3.57. The fourth-order valence-corrected chi connectivity index (χ4v) is 5.11. The minimum absolute atomic E-state index is 0.488. The van der Waals surface area contributed by atoms with Gasteiger partial charge in [-0.25, -0.2) is 9.50 Å². The molecule has 0 radical (unpaired) electrons. The highest BCUT2D eigenvalue weighted by Crippen LogP contribution is 2.40. The third kappa shape index (κ3) is 4.48. The number of hydrogen-bond donors (Lipinski definition) is 0. The zero-order chi connectivity index (χ0) is 26.4. The summed E-state index contributed by atoms with van der Waals surface area (Å²) in [4.78, 5) is 10.9. The van der Waals surface area contributed by atoms with Crippen LogP contribution < -0.4 is 4.90 Å². The van der Waals surface area contributed by atoms with Crippen LogP contribution in [0, 0.1) is 0 Å². The molecule has 2 aromatic carbocycles. The highest BCUT2D eigenvalue weighted by atomic mass is 35.5. The van der Waals surface area contributed by atoms with Crippen molar-refractivity contribution >= 4 is 34.7 Å². The molecule has 0 bridgehead atoms. The summed E-state index contributed by atoms with van der Waals surface area (Å²) >= 11 is 12.8. The number of halogens is 5.